The molecule has 0 radical (unpaired) electrons. The van der Waals surface area contributed by atoms with Crippen LogP contribution in [0.5, 0.6) is 0 Å². The third kappa shape index (κ3) is 4.84. The lowest BCUT2D eigenvalue weighted by atomic mass is 9.88. The predicted molar refractivity (Wildman–Crippen MR) is 139 cm³/mol. The minimum atomic E-state index is -0.186. The lowest BCUT2D eigenvalue weighted by Crippen LogP contribution is -2.41. The van der Waals surface area contributed by atoms with E-state index < -0.39 is 0 Å². The van der Waals surface area contributed by atoms with Gasteiger partial charge in [0.1, 0.15) is 5.52 Å². The van der Waals surface area contributed by atoms with E-state index in [0.717, 1.165) is 11.3 Å². The van der Waals surface area contributed by atoms with Gasteiger partial charge in [0, 0.05) is 24.2 Å². The second kappa shape index (κ2) is 8.92. The third-order valence-electron chi connectivity index (χ3n) is 6.69. The van der Waals surface area contributed by atoms with Gasteiger partial charge in [-0.1, -0.05) is 51.1 Å². The number of carbonyl (C=O) groups excluding carboxylic acids is 2. The summed E-state index contributed by atoms with van der Waals surface area (Å²) in [5.41, 5.74) is 3.36. The largest absolute Gasteiger partial charge is 0.349 e. The zero-order valence-corrected chi connectivity index (χ0v) is 21.1. The molecular weight excluding hydrogens is 458 g/mol. The normalized spacial score (nSPS) is 18.3. The number of benzene rings is 1. The van der Waals surface area contributed by atoms with Crippen molar-refractivity contribution in [2.45, 2.75) is 52.1 Å². The standard InChI is InChI=1S/C27H29N5O2S/c1-15(27(2,3)4)30-25(33)18-13-28-24-23(18)31-20(14-29-24)21-10-11-22(35-21)26(34)32-19-12-17(19)16-8-6-5-7-9-16/h5-11,13-15,17,19H,12H2,1-4H3,(H,28,29)(H,30,33)(H,32,34). The minimum absolute atomic E-state index is 0.0117. The van der Waals surface area contributed by atoms with Crippen molar-refractivity contribution in [3.05, 3.63) is 70.9 Å². The first-order valence-corrected chi connectivity index (χ1v) is 12.6. The smallest absolute Gasteiger partial charge is 0.261 e. The number of hydrogen-bond acceptors (Lipinski definition) is 5. The summed E-state index contributed by atoms with van der Waals surface area (Å²) in [5, 5.41) is 6.20. The molecule has 1 aliphatic carbocycles. The second-order valence-electron chi connectivity index (χ2n) is 10.2. The van der Waals surface area contributed by atoms with Crippen LogP contribution in [0.15, 0.2) is 54.9 Å². The maximum Gasteiger partial charge on any atom is 0.261 e. The van der Waals surface area contributed by atoms with Gasteiger partial charge in [0.25, 0.3) is 11.8 Å². The van der Waals surface area contributed by atoms with E-state index in [2.05, 4.69) is 53.5 Å². The molecule has 1 fully saturated rings. The molecule has 0 saturated heterocycles. The molecule has 180 valence electrons. The number of H-pyrrole nitrogens is 1. The van der Waals surface area contributed by atoms with Crippen molar-refractivity contribution in [1.82, 2.24) is 25.6 Å². The van der Waals surface area contributed by atoms with Crippen molar-refractivity contribution >= 4 is 34.3 Å². The Morgan fingerprint density at radius 1 is 1.11 bits per heavy atom. The first-order valence-electron chi connectivity index (χ1n) is 11.8. The van der Waals surface area contributed by atoms with Gasteiger partial charge in [-0.2, -0.15) is 0 Å². The highest BCUT2D eigenvalue weighted by Gasteiger charge is 2.39. The molecule has 0 spiro atoms. The number of fused-ring (bicyclic) bond motifs is 1. The van der Waals surface area contributed by atoms with Gasteiger partial charge in [-0.05, 0) is 36.5 Å². The lowest BCUT2D eigenvalue weighted by Gasteiger charge is -2.27. The van der Waals surface area contributed by atoms with Crippen LogP contribution < -0.4 is 10.6 Å². The second-order valence-corrected chi connectivity index (χ2v) is 11.3. The molecule has 7 nitrogen and oxygen atoms in total. The van der Waals surface area contributed by atoms with Crippen molar-refractivity contribution in [2.24, 2.45) is 5.41 Å². The Morgan fingerprint density at radius 2 is 1.89 bits per heavy atom. The minimum Gasteiger partial charge on any atom is -0.349 e. The van der Waals surface area contributed by atoms with Crippen LogP contribution in [-0.4, -0.2) is 38.8 Å². The summed E-state index contributed by atoms with van der Waals surface area (Å²) in [6, 6.07) is 14.1. The van der Waals surface area contributed by atoms with E-state index in [9.17, 15) is 9.59 Å². The summed E-state index contributed by atoms with van der Waals surface area (Å²) in [5.74, 6) is 0.123. The summed E-state index contributed by atoms with van der Waals surface area (Å²) in [4.78, 5) is 39.4. The van der Waals surface area contributed by atoms with Gasteiger partial charge in [0.2, 0.25) is 0 Å². The molecule has 8 heteroatoms. The molecule has 1 aliphatic rings. The summed E-state index contributed by atoms with van der Waals surface area (Å²) in [7, 11) is 0. The van der Waals surface area contributed by atoms with E-state index in [1.165, 1.54) is 16.9 Å². The number of aromatic amines is 1. The van der Waals surface area contributed by atoms with Gasteiger partial charge < -0.3 is 15.6 Å². The molecule has 3 atom stereocenters. The fraction of sp³-hybridized carbons (Fsp3) is 0.333. The monoisotopic (exact) mass is 487 g/mol. The number of thiophene rings is 1. The van der Waals surface area contributed by atoms with E-state index in [0.29, 0.717) is 33.2 Å². The molecule has 0 bridgehead atoms. The van der Waals surface area contributed by atoms with E-state index in [4.69, 9.17) is 4.98 Å². The van der Waals surface area contributed by atoms with E-state index in [1.807, 2.05) is 37.3 Å². The molecule has 35 heavy (non-hydrogen) atoms. The number of amides is 2. The summed E-state index contributed by atoms with van der Waals surface area (Å²) >= 11 is 1.38. The van der Waals surface area contributed by atoms with Crippen LogP contribution in [0.4, 0.5) is 0 Å². The highest BCUT2D eigenvalue weighted by molar-refractivity contribution is 7.17. The van der Waals surface area contributed by atoms with E-state index in [1.54, 1.807) is 12.4 Å². The first kappa shape index (κ1) is 23.2. The van der Waals surface area contributed by atoms with Crippen molar-refractivity contribution in [1.29, 1.82) is 0 Å². The lowest BCUT2D eigenvalue weighted by molar-refractivity contribution is 0.0910. The van der Waals surface area contributed by atoms with Crippen LogP contribution in [-0.2, 0) is 0 Å². The number of nitrogens with one attached hydrogen (secondary N) is 3. The predicted octanol–water partition coefficient (Wildman–Crippen LogP) is 5.14. The molecule has 1 aromatic carbocycles. The zero-order valence-electron chi connectivity index (χ0n) is 20.3. The van der Waals surface area contributed by atoms with Crippen LogP contribution in [0.3, 0.4) is 0 Å². The number of nitrogens with zero attached hydrogens (tertiary/aromatic N) is 2. The van der Waals surface area contributed by atoms with Crippen LogP contribution >= 0.6 is 11.3 Å². The van der Waals surface area contributed by atoms with Crippen LogP contribution in [0.25, 0.3) is 21.7 Å². The third-order valence-corrected chi connectivity index (χ3v) is 7.80. The highest BCUT2D eigenvalue weighted by Crippen LogP contribution is 2.41. The van der Waals surface area contributed by atoms with Gasteiger partial charge in [-0.25, -0.2) is 9.97 Å². The van der Waals surface area contributed by atoms with Crippen molar-refractivity contribution in [2.75, 3.05) is 0 Å². The van der Waals surface area contributed by atoms with Crippen molar-refractivity contribution in [3.8, 4) is 10.6 Å². The average molecular weight is 488 g/mol. The van der Waals surface area contributed by atoms with Crippen molar-refractivity contribution < 1.29 is 9.59 Å². The quantitative estimate of drug-likeness (QED) is 0.351. The Balaban J connectivity index is 1.31. The summed E-state index contributed by atoms with van der Waals surface area (Å²) < 4.78 is 0. The summed E-state index contributed by atoms with van der Waals surface area (Å²) in [6.45, 7) is 8.24. The molecule has 5 rings (SSSR count). The Morgan fingerprint density at radius 3 is 2.63 bits per heavy atom. The average Bonchev–Trinajstić information content (AvgIpc) is 3.22. The maximum atomic E-state index is 12.9. The highest BCUT2D eigenvalue weighted by atomic mass is 32.1. The molecule has 3 N–H and O–H groups in total. The van der Waals surface area contributed by atoms with Gasteiger partial charge in [0.15, 0.2) is 5.65 Å². The molecule has 1 saturated carbocycles. The molecule has 0 aliphatic heterocycles. The Kier molecular flexibility index (Phi) is 5.92. The van der Waals surface area contributed by atoms with E-state index >= 15 is 0 Å². The Labute approximate surface area is 208 Å². The maximum absolute atomic E-state index is 12.9. The Bertz CT molecular complexity index is 1390. The Hall–Kier alpha value is -3.52. The van der Waals surface area contributed by atoms with E-state index in [-0.39, 0.29) is 29.3 Å². The summed E-state index contributed by atoms with van der Waals surface area (Å²) in [6.07, 6.45) is 4.27. The number of carbonyl (C=O) groups is 2. The number of aromatic nitrogens is 3. The topological polar surface area (TPSA) is 99.8 Å². The molecular formula is C27H29N5O2S. The number of hydrogen-bond donors (Lipinski definition) is 3. The van der Waals surface area contributed by atoms with Gasteiger partial charge >= 0.3 is 0 Å². The first-order chi connectivity index (χ1) is 16.7. The zero-order chi connectivity index (χ0) is 24.7. The molecule has 3 aromatic heterocycles. The fourth-order valence-electron chi connectivity index (χ4n) is 3.93. The van der Waals surface area contributed by atoms with Gasteiger partial charge in [-0.15, -0.1) is 11.3 Å². The van der Waals surface area contributed by atoms with Crippen LogP contribution in [0.2, 0.25) is 0 Å². The molecule has 3 unspecified atom stereocenters. The fourth-order valence-corrected chi connectivity index (χ4v) is 4.80. The van der Waals surface area contributed by atoms with Crippen LogP contribution in [0, 0.1) is 5.41 Å². The van der Waals surface area contributed by atoms with Crippen LogP contribution in [0.1, 0.15) is 65.6 Å². The molecule has 2 amide bonds. The molecule has 4 aromatic rings. The van der Waals surface area contributed by atoms with Crippen molar-refractivity contribution in [3.63, 3.8) is 0 Å². The SMILES string of the molecule is CC(NC(=O)c1c[nH]c2ncc(-c3ccc(C(=O)NC4CC4c4ccccc4)s3)nc12)C(C)(C)C. The molecule has 3 heterocycles. The number of rotatable bonds is 6. The van der Waals surface area contributed by atoms with Gasteiger partial charge in [-0.3, -0.25) is 9.59 Å². The van der Waals surface area contributed by atoms with Gasteiger partial charge in [0.05, 0.1) is 27.2 Å².